The molecule has 1 N–H and O–H groups in total. The normalized spacial score (nSPS) is 9.18. The maximum Gasteiger partial charge on any atom is 0.243 e. The molecule has 0 aromatic carbocycles. The number of ether oxygens (including phenoxy) is 1. The highest BCUT2D eigenvalue weighted by Crippen LogP contribution is 1.79. The summed E-state index contributed by atoms with van der Waals surface area (Å²) in [6.07, 6.45) is 2.12. The molecule has 0 aliphatic rings. The molecule has 3 heteroatoms. The average molecular weight is 157 g/mol. The zero-order valence-corrected chi connectivity index (χ0v) is 6.93. The molecule has 0 aliphatic carbocycles. The molecule has 0 aliphatic heterocycles. The van der Waals surface area contributed by atoms with Crippen molar-refractivity contribution in [1.82, 2.24) is 5.32 Å². The maximum atomic E-state index is 10.6. The van der Waals surface area contributed by atoms with Gasteiger partial charge in [-0.05, 0) is 19.4 Å². The minimum absolute atomic E-state index is 0.124. The summed E-state index contributed by atoms with van der Waals surface area (Å²) in [5, 5.41) is 2.65. The first-order valence-corrected chi connectivity index (χ1v) is 3.79. The molecule has 0 atom stereocenters. The van der Waals surface area contributed by atoms with Crippen LogP contribution in [0.1, 0.15) is 13.3 Å². The highest BCUT2D eigenvalue weighted by atomic mass is 16.5. The van der Waals surface area contributed by atoms with Gasteiger partial charge in [-0.3, -0.25) is 4.79 Å². The summed E-state index contributed by atoms with van der Waals surface area (Å²) in [6, 6.07) is 0. The van der Waals surface area contributed by atoms with E-state index < -0.39 is 0 Å². The van der Waals surface area contributed by atoms with Gasteiger partial charge in [-0.15, -0.1) is 0 Å². The van der Waals surface area contributed by atoms with Crippen molar-refractivity contribution in [2.24, 2.45) is 0 Å². The highest BCUT2D eigenvalue weighted by Gasteiger charge is 1.91. The molecular formula is C8H15NO2. The van der Waals surface area contributed by atoms with Crippen molar-refractivity contribution in [3.05, 3.63) is 12.7 Å². The van der Waals surface area contributed by atoms with Crippen LogP contribution in [-0.2, 0) is 9.53 Å². The van der Waals surface area contributed by atoms with Crippen LogP contribution in [0, 0.1) is 0 Å². The second kappa shape index (κ2) is 7.28. The third-order valence-corrected chi connectivity index (χ3v) is 1.15. The average Bonchev–Trinajstić information content (AvgIpc) is 2.04. The number of amides is 1. The van der Waals surface area contributed by atoms with Crippen LogP contribution in [0.5, 0.6) is 0 Å². The van der Waals surface area contributed by atoms with E-state index in [4.69, 9.17) is 4.74 Å². The lowest BCUT2D eigenvalue weighted by Gasteiger charge is -2.01. The quantitative estimate of drug-likeness (QED) is 0.455. The van der Waals surface area contributed by atoms with E-state index in [0.717, 1.165) is 13.0 Å². The van der Waals surface area contributed by atoms with Gasteiger partial charge in [-0.2, -0.15) is 0 Å². The third-order valence-electron chi connectivity index (χ3n) is 1.15. The van der Waals surface area contributed by atoms with E-state index in [2.05, 4.69) is 11.9 Å². The first-order chi connectivity index (χ1) is 5.31. The Morgan fingerprint density at radius 2 is 2.45 bits per heavy atom. The summed E-state index contributed by atoms with van der Waals surface area (Å²) in [5.74, 6) is -0.124. The van der Waals surface area contributed by atoms with Gasteiger partial charge in [0.15, 0.2) is 0 Å². The third kappa shape index (κ3) is 7.06. The van der Waals surface area contributed by atoms with Crippen molar-refractivity contribution in [3.63, 3.8) is 0 Å². The summed E-state index contributed by atoms with van der Waals surface area (Å²) in [4.78, 5) is 10.6. The molecule has 3 nitrogen and oxygen atoms in total. The fraction of sp³-hybridized carbons (Fsp3) is 0.625. The molecule has 0 unspecified atom stereocenters. The van der Waals surface area contributed by atoms with E-state index in [0.29, 0.717) is 13.2 Å². The highest BCUT2D eigenvalue weighted by molar-refractivity contribution is 5.86. The standard InChI is InChI=1S/C8H15NO2/c1-3-8(10)9-6-5-7-11-4-2/h3H,1,4-7H2,2H3,(H,9,10). The van der Waals surface area contributed by atoms with E-state index in [1.54, 1.807) is 0 Å². The summed E-state index contributed by atoms with van der Waals surface area (Å²) in [7, 11) is 0. The van der Waals surface area contributed by atoms with Gasteiger partial charge in [-0.25, -0.2) is 0 Å². The molecule has 64 valence electrons. The zero-order valence-electron chi connectivity index (χ0n) is 6.93. The van der Waals surface area contributed by atoms with Crippen molar-refractivity contribution >= 4 is 5.91 Å². The molecule has 0 bridgehead atoms. The second-order valence-corrected chi connectivity index (χ2v) is 2.05. The van der Waals surface area contributed by atoms with Gasteiger partial charge in [0, 0.05) is 19.8 Å². The Bertz CT molecular complexity index is 123. The fourth-order valence-electron chi connectivity index (χ4n) is 0.602. The van der Waals surface area contributed by atoms with Crippen LogP contribution in [0.4, 0.5) is 0 Å². The second-order valence-electron chi connectivity index (χ2n) is 2.05. The maximum absolute atomic E-state index is 10.6. The predicted octanol–water partition coefficient (Wildman–Crippen LogP) is 0.715. The Morgan fingerprint density at radius 3 is 3.00 bits per heavy atom. The lowest BCUT2D eigenvalue weighted by atomic mass is 10.4. The largest absolute Gasteiger partial charge is 0.382 e. The Labute approximate surface area is 67.4 Å². The molecule has 0 aromatic heterocycles. The summed E-state index contributed by atoms with van der Waals surface area (Å²) < 4.78 is 5.07. The van der Waals surface area contributed by atoms with Crippen molar-refractivity contribution in [2.75, 3.05) is 19.8 Å². The SMILES string of the molecule is C=CC(=O)NCCCOCC. The number of carbonyl (C=O) groups excluding carboxylic acids is 1. The van der Waals surface area contributed by atoms with Crippen molar-refractivity contribution in [3.8, 4) is 0 Å². The van der Waals surface area contributed by atoms with Gasteiger partial charge in [0.2, 0.25) is 5.91 Å². The monoisotopic (exact) mass is 157 g/mol. The molecule has 0 spiro atoms. The predicted molar refractivity (Wildman–Crippen MR) is 44.3 cm³/mol. The van der Waals surface area contributed by atoms with E-state index in [-0.39, 0.29) is 5.91 Å². The number of rotatable bonds is 6. The molecule has 0 aromatic rings. The summed E-state index contributed by atoms with van der Waals surface area (Å²) >= 11 is 0. The van der Waals surface area contributed by atoms with Gasteiger partial charge >= 0.3 is 0 Å². The minimum Gasteiger partial charge on any atom is -0.382 e. The summed E-state index contributed by atoms with van der Waals surface area (Å²) in [6.45, 7) is 7.37. The van der Waals surface area contributed by atoms with Crippen LogP contribution in [0.2, 0.25) is 0 Å². The van der Waals surface area contributed by atoms with E-state index in [1.165, 1.54) is 6.08 Å². The fourth-order valence-corrected chi connectivity index (χ4v) is 0.602. The molecule has 0 saturated carbocycles. The topological polar surface area (TPSA) is 38.3 Å². The van der Waals surface area contributed by atoms with Crippen LogP contribution in [0.15, 0.2) is 12.7 Å². The Morgan fingerprint density at radius 1 is 1.73 bits per heavy atom. The van der Waals surface area contributed by atoms with Crippen LogP contribution >= 0.6 is 0 Å². The lowest BCUT2D eigenvalue weighted by Crippen LogP contribution is -2.22. The van der Waals surface area contributed by atoms with Gasteiger partial charge in [-0.1, -0.05) is 6.58 Å². The smallest absolute Gasteiger partial charge is 0.243 e. The lowest BCUT2D eigenvalue weighted by molar-refractivity contribution is -0.116. The van der Waals surface area contributed by atoms with Crippen molar-refractivity contribution in [2.45, 2.75) is 13.3 Å². The van der Waals surface area contributed by atoms with Crippen LogP contribution in [-0.4, -0.2) is 25.7 Å². The van der Waals surface area contributed by atoms with E-state index in [1.807, 2.05) is 6.92 Å². The van der Waals surface area contributed by atoms with Crippen LogP contribution in [0.25, 0.3) is 0 Å². The van der Waals surface area contributed by atoms with Crippen molar-refractivity contribution < 1.29 is 9.53 Å². The number of nitrogens with one attached hydrogen (secondary N) is 1. The Kier molecular flexibility index (Phi) is 6.73. The molecule has 0 radical (unpaired) electrons. The molecule has 1 amide bonds. The number of hydrogen-bond donors (Lipinski definition) is 1. The van der Waals surface area contributed by atoms with Gasteiger partial charge in [0.1, 0.15) is 0 Å². The van der Waals surface area contributed by atoms with E-state index >= 15 is 0 Å². The number of hydrogen-bond acceptors (Lipinski definition) is 2. The van der Waals surface area contributed by atoms with Gasteiger partial charge in [0.25, 0.3) is 0 Å². The van der Waals surface area contributed by atoms with Crippen LogP contribution in [0.3, 0.4) is 0 Å². The zero-order chi connectivity index (χ0) is 8.53. The first kappa shape index (κ1) is 10.2. The van der Waals surface area contributed by atoms with Gasteiger partial charge in [0.05, 0.1) is 0 Å². The molecule has 0 rings (SSSR count). The first-order valence-electron chi connectivity index (χ1n) is 3.79. The Hall–Kier alpha value is -0.830. The summed E-state index contributed by atoms with van der Waals surface area (Å²) in [5.41, 5.74) is 0. The van der Waals surface area contributed by atoms with E-state index in [9.17, 15) is 4.79 Å². The minimum atomic E-state index is -0.124. The molecule has 0 saturated heterocycles. The van der Waals surface area contributed by atoms with Gasteiger partial charge < -0.3 is 10.1 Å². The molecule has 11 heavy (non-hydrogen) atoms. The molecular weight excluding hydrogens is 142 g/mol. The molecule has 0 fully saturated rings. The van der Waals surface area contributed by atoms with Crippen LogP contribution < -0.4 is 5.32 Å². The van der Waals surface area contributed by atoms with Crippen molar-refractivity contribution in [1.29, 1.82) is 0 Å². The Balaban J connectivity index is 3.01. The number of carbonyl (C=O) groups is 1. The molecule has 0 heterocycles.